The van der Waals surface area contributed by atoms with Crippen LogP contribution >= 0.6 is 0 Å². The molecular formula is C22H26O5. The van der Waals surface area contributed by atoms with Crippen LogP contribution in [0.25, 0.3) is 10.8 Å². The molecule has 0 aliphatic heterocycles. The maximum Gasteiger partial charge on any atom is 0.316 e. The first-order valence-electron chi connectivity index (χ1n) is 8.83. The molecule has 0 saturated carbocycles. The second-order valence-electron chi connectivity index (χ2n) is 8.63. The van der Waals surface area contributed by atoms with E-state index in [1.54, 1.807) is 71.9 Å². The van der Waals surface area contributed by atoms with Crippen LogP contribution in [-0.4, -0.2) is 17.7 Å². The summed E-state index contributed by atoms with van der Waals surface area (Å²) in [7, 11) is 0. The Morgan fingerprint density at radius 2 is 1.30 bits per heavy atom. The van der Waals surface area contributed by atoms with Crippen molar-refractivity contribution in [1.82, 2.24) is 0 Å². The highest BCUT2D eigenvalue weighted by molar-refractivity contribution is 6.06. The molecule has 0 aliphatic rings. The Balaban J connectivity index is 2.64. The predicted octanol–water partition coefficient (Wildman–Crippen LogP) is 4.95. The van der Waals surface area contributed by atoms with E-state index in [0.717, 1.165) is 0 Å². The fourth-order valence-electron chi connectivity index (χ4n) is 2.28. The molecule has 0 atom stereocenters. The highest BCUT2D eigenvalue weighted by Gasteiger charge is 2.28. The second-order valence-corrected chi connectivity index (χ2v) is 8.63. The molecule has 0 aliphatic carbocycles. The third-order valence-corrected chi connectivity index (χ3v) is 3.97. The van der Waals surface area contributed by atoms with Gasteiger partial charge in [-0.1, -0.05) is 12.1 Å². The zero-order valence-electron chi connectivity index (χ0n) is 16.9. The normalized spacial score (nSPS) is 12.0. The summed E-state index contributed by atoms with van der Waals surface area (Å²) in [6, 6.07) is 8.40. The van der Waals surface area contributed by atoms with Gasteiger partial charge in [-0.15, -0.1) is 0 Å². The minimum absolute atomic E-state index is 0.189. The molecule has 0 N–H and O–H groups in total. The average Bonchev–Trinajstić information content (AvgIpc) is 2.53. The summed E-state index contributed by atoms with van der Waals surface area (Å²) in [4.78, 5) is 36.8. The number of ether oxygens (including phenoxy) is 2. The number of rotatable bonds is 3. The minimum atomic E-state index is -0.730. The largest absolute Gasteiger partial charge is 0.425 e. The predicted molar refractivity (Wildman–Crippen MR) is 104 cm³/mol. The smallest absolute Gasteiger partial charge is 0.316 e. The second kappa shape index (κ2) is 7.14. The van der Waals surface area contributed by atoms with Crippen molar-refractivity contribution in [2.75, 3.05) is 0 Å². The number of carbonyl (C=O) groups is 3. The van der Waals surface area contributed by atoms with Crippen LogP contribution in [-0.2, 0) is 9.59 Å². The molecule has 0 bridgehead atoms. The van der Waals surface area contributed by atoms with Gasteiger partial charge in [-0.25, -0.2) is 0 Å². The van der Waals surface area contributed by atoms with Gasteiger partial charge in [0.2, 0.25) is 0 Å². The maximum absolute atomic E-state index is 12.4. The molecule has 0 saturated heterocycles. The van der Waals surface area contributed by atoms with Crippen molar-refractivity contribution in [3.63, 3.8) is 0 Å². The molecule has 144 valence electrons. The van der Waals surface area contributed by atoms with Gasteiger partial charge in [0.15, 0.2) is 5.78 Å². The van der Waals surface area contributed by atoms with E-state index < -0.39 is 16.8 Å². The molecule has 2 aromatic rings. The van der Waals surface area contributed by atoms with E-state index >= 15 is 0 Å². The standard InChI is InChI=1S/C22H26O5/c1-13(23)14-11-12-15-16(18(14)27-20(25)22(5,6)7)9-8-10-17(15)26-19(24)21(2,3)4/h8-12H,1-7H3. The van der Waals surface area contributed by atoms with Gasteiger partial charge in [0.25, 0.3) is 0 Å². The summed E-state index contributed by atoms with van der Waals surface area (Å²) in [6.07, 6.45) is 0. The molecule has 2 aromatic carbocycles. The first-order valence-corrected chi connectivity index (χ1v) is 8.83. The van der Waals surface area contributed by atoms with Crippen LogP contribution < -0.4 is 9.47 Å². The van der Waals surface area contributed by atoms with Crippen LogP contribution in [0.5, 0.6) is 11.5 Å². The number of fused-ring (bicyclic) bond motifs is 1. The number of Topliss-reactive ketones (excluding diaryl/α,β-unsaturated/α-hetero) is 1. The van der Waals surface area contributed by atoms with E-state index in [1.807, 2.05) is 0 Å². The lowest BCUT2D eigenvalue weighted by Gasteiger charge is -2.20. The van der Waals surface area contributed by atoms with Gasteiger partial charge in [0, 0.05) is 10.8 Å². The van der Waals surface area contributed by atoms with E-state index in [2.05, 4.69) is 0 Å². The minimum Gasteiger partial charge on any atom is -0.425 e. The molecule has 0 fully saturated rings. The number of esters is 2. The Morgan fingerprint density at radius 1 is 0.741 bits per heavy atom. The maximum atomic E-state index is 12.4. The molecule has 2 rings (SSSR count). The van der Waals surface area contributed by atoms with E-state index in [-0.39, 0.29) is 17.5 Å². The number of hydrogen-bond acceptors (Lipinski definition) is 5. The summed E-state index contributed by atoms with van der Waals surface area (Å²) >= 11 is 0. The van der Waals surface area contributed by atoms with Gasteiger partial charge in [-0.05, 0) is 66.7 Å². The third kappa shape index (κ3) is 4.54. The van der Waals surface area contributed by atoms with Crippen molar-refractivity contribution in [3.05, 3.63) is 35.9 Å². The molecular weight excluding hydrogens is 344 g/mol. The Bertz CT molecular complexity index is 911. The van der Waals surface area contributed by atoms with Crippen LogP contribution in [0, 0.1) is 10.8 Å². The molecule has 0 spiro atoms. The number of carbonyl (C=O) groups excluding carboxylic acids is 3. The first kappa shape index (κ1) is 20.6. The quantitative estimate of drug-likeness (QED) is 0.434. The molecule has 5 heteroatoms. The lowest BCUT2D eigenvalue weighted by molar-refractivity contribution is -0.143. The van der Waals surface area contributed by atoms with E-state index in [4.69, 9.17) is 9.47 Å². The van der Waals surface area contributed by atoms with Gasteiger partial charge in [0.05, 0.1) is 16.4 Å². The third-order valence-electron chi connectivity index (χ3n) is 3.97. The Kier molecular flexibility index (Phi) is 5.45. The summed E-state index contributed by atoms with van der Waals surface area (Å²) < 4.78 is 11.2. The van der Waals surface area contributed by atoms with Crippen LogP contribution in [0.3, 0.4) is 0 Å². The van der Waals surface area contributed by atoms with Crippen LogP contribution in [0.4, 0.5) is 0 Å². The average molecular weight is 370 g/mol. The lowest BCUT2D eigenvalue weighted by atomic mass is 9.96. The van der Waals surface area contributed by atoms with Gasteiger partial charge >= 0.3 is 11.9 Å². The summed E-state index contributed by atoms with van der Waals surface area (Å²) in [5.41, 5.74) is -1.09. The monoisotopic (exact) mass is 370 g/mol. The SMILES string of the molecule is CC(=O)c1ccc2c(OC(=O)C(C)(C)C)cccc2c1OC(=O)C(C)(C)C. The van der Waals surface area contributed by atoms with Gasteiger partial charge in [-0.3, -0.25) is 14.4 Å². The summed E-state index contributed by atoms with van der Waals surface area (Å²) in [5, 5.41) is 1.14. The van der Waals surface area contributed by atoms with Crippen LogP contribution in [0.2, 0.25) is 0 Å². The van der Waals surface area contributed by atoms with Crippen molar-refractivity contribution in [2.45, 2.75) is 48.5 Å². The summed E-state index contributed by atoms with van der Waals surface area (Å²) in [5.74, 6) is -0.497. The molecule has 0 heterocycles. The Morgan fingerprint density at radius 3 is 1.81 bits per heavy atom. The zero-order valence-corrected chi connectivity index (χ0v) is 16.9. The van der Waals surface area contributed by atoms with E-state index in [1.165, 1.54) is 6.92 Å². The van der Waals surface area contributed by atoms with Crippen LogP contribution in [0.1, 0.15) is 58.8 Å². The Labute approximate surface area is 159 Å². The molecule has 0 unspecified atom stereocenters. The molecule has 0 radical (unpaired) electrons. The fraction of sp³-hybridized carbons (Fsp3) is 0.409. The zero-order chi connectivity index (χ0) is 20.6. The van der Waals surface area contributed by atoms with Crippen LogP contribution in [0.15, 0.2) is 30.3 Å². The van der Waals surface area contributed by atoms with Crippen molar-refractivity contribution < 1.29 is 23.9 Å². The summed E-state index contributed by atoms with van der Waals surface area (Å²) in [6.45, 7) is 11.9. The Hall–Kier alpha value is -2.69. The molecule has 0 amide bonds. The number of ketones is 1. The number of hydrogen-bond donors (Lipinski definition) is 0. The van der Waals surface area contributed by atoms with Gasteiger partial charge in [0.1, 0.15) is 11.5 Å². The topological polar surface area (TPSA) is 69.7 Å². The molecule has 27 heavy (non-hydrogen) atoms. The van der Waals surface area contributed by atoms with Crippen molar-refractivity contribution in [3.8, 4) is 11.5 Å². The fourth-order valence-corrected chi connectivity index (χ4v) is 2.28. The lowest BCUT2D eigenvalue weighted by Crippen LogP contribution is -2.26. The molecule has 5 nitrogen and oxygen atoms in total. The highest BCUT2D eigenvalue weighted by Crippen LogP contribution is 2.37. The molecule has 0 aromatic heterocycles. The highest BCUT2D eigenvalue weighted by atomic mass is 16.5. The van der Waals surface area contributed by atoms with E-state index in [0.29, 0.717) is 22.1 Å². The van der Waals surface area contributed by atoms with Crippen molar-refractivity contribution >= 4 is 28.5 Å². The van der Waals surface area contributed by atoms with Gasteiger partial charge in [-0.2, -0.15) is 0 Å². The van der Waals surface area contributed by atoms with Crippen molar-refractivity contribution in [2.24, 2.45) is 10.8 Å². The van der Waals surface area contributed by atoms with Gasteiger partial charge < -0.3 is 9.47 Å². The first-order chi connectivity index (χ1) is 12.3. The van der Waals surface area contributed by atoms with Crippen molar-refractivity contribution in [1.29, 1.82) is 0 Å². The van der Waals surface area contributed by atoms with E-state index in [9.17, 15) is 14.4 Å². The number of benzene rings is 2.